The molecule has 0 aliphatic rings. The molecule has 2 aromatic rings. The Morgan fingerprint density at radius 3 is 2.69 bits per heavy atom. The number of aryl methyl sites for hydroxylation is 3. The summed E-state index contributed by atoms with van der Waals surface area (Å²) in [6.45, 7) is 4.60. The molecule has 3 nitrogen and oxygen atoms in total. The molecule has 3 heteroatoms. The summed E-state index contributed by atoms with van der Waals surface area (Å²) in [5, 5.41) is 4.34. The zero-order valence-electron chi connectivity index (χ0n) is 9.90. The predicted molar refractivity (Wildman–Crippen MR) is 63.5 cm³/mol. The van der Waals surface area contributed by atoms with Crippen LogP contribution in [0.5, 0.6) is 5.75 Å². The standard InChI is InChI=1S/C13H16N2O/c1-10-5-4-6-13(7-10)16-9-12-8-11(2)15(3)14-12/h4-8H,9H2,1-3H3. The molecule has 2 rings (SSSR count). The molecule has 1 aromatic heterocycles. The zero-order valence-corrected chi connectivity index (χ0v) is 9.90. The lowest BCUT2D eigenvalue weighted by molar-refractivity contribution is 0.300. The van der Waals surface area contributed by atoms with E-state index in [9.17, 15) is 0 Å². The predicted octanol–water partition coefficient (Wildman–Crippen LogP) is 2.62. The lowest BCUT2D eigenvalue weighted by Crippen LogP contribution is -1.98. The number of rotatable bonds is 3. The molecule has 0 N–H and O–H groups in total. The molecule has 84 valence electrons. The van der Waals surface area contributed by atoms with E-state index in [1.807, 2.05) is 42.9 Å². The van der Waals surface area contributed by atoms with E-state index >= 15 is 0 Å². The smallest absolute Gasteiger partial charge is 0.132 e. The quantitative estimate of drug-likeness (QED) is 0.788. The molecular weight excluding hydrogens is 200 g/mol. The third-order valence-corrected chi connectivity index (χ3v) is 2.54. The third-order valence-electron chi connectivity index (χ3n) is 2.54. The van der Waals surface area contributed by atoms with Crippen molar-refractivity contribution in [1.29, 1.82) is 0 Å². The number of hydrogen-bond acceptors (Lipinski definition) is 2. The molecule has 0 fully saturated rings. The number of ether oxygens (including phenoxy) is 1. The first-order valence-electron chi connectivity index (χ1n) is 5.34. The van der Waals surface area contributed by atoms with Gasteiger partial charge in [0.25, 0.3) is 0 Å². The minimum absolute atomic E-state index is 0.519. The van der Waals surface area contributed by atoms with Gasteiger partial charge in [-0.3, -0.25) is 4.68 Å². The van der Waals surface area contributed by atoms with Gasteiger partial charge >= 0.3 is 0 Å². The highest BCUT2D eigenvalue weighted by Gasteiger charge is 2.02. The number of hydrogen-bond donors (Lipinski definition) is 0. The number of benzene rings is 1. The Balaban J connectivity index is 2.02. The van der Waals surface area contributed by atoms with Gasteiger partial charge in [0.05, 0.1) is 0 Å². The second kappa shape index (κ2) is 4.39. The van der Waals surface area contributed by atoms with Gasteiger partial charge in [0.15, 0.2) is 0 Å². The van der Waals surface area contributed by atoms with Crippen molar-refractivity contribution in [1.82, 2.24) is 9.78 Å². The van der Waals surface area contributed by atoms with Crippen molar-refractivity contribution < 1.29 is 4.74 Å². The van der Waals surface area contributed by atoms with Crippen LogP contribution < -0.4 is 4.74 Å². The van der Waals surface area contributed by atoms with Crippen molar-refractivity contribution in [3.63, 3.8) is 0 Å². The fourth-order valence-corrected chi connectivity index (χ4v) is 1.57. The highest BCUT2D eigenvalue weighted by molar-refractivity contribution is 5.27. The van der Waals surface area contributed by atoms with E-state index in [2.05, 4.69) is 18.1 Å². The SMILES string of the molecule is Cc1cccc(OCc2cc(C)n(C)n2)c1. The van der Waals surface area contributed by atoms with Gasteiger partial charge in [-0.1, -0.05) is 12.1 Å². The maximum Gasteiger partial charge on any atom is 0.132 e. The van der Waals surface area contributed by atoms with Gasteiger partial charge in [0, 0.05) is 12.7 Å². The van der Waals surface area contributed by atoms with Gasteiger partial charge in [-0.25, -0.2) is 0 Å². The Hall–Kier alpha value is -1.77. The topological polar surface area (TPSA) is 27.1 Å². The number of aromatic nitrogens is 2. The molecule has 0 unspecified atom stereocenters. The molecule has 0 spiro atoms. The van der Waals surface area contributed by atoms with E-state index in [0.717, 1.165) is 17.1 Å². The second-order valence-electron chi connectivity index (χ2n) is 4.01. The van der Waals surface area contributed by atoms with Gasteiger partial charge in [-0.15, -0.1) is 0 Å². The maximum atomic E-state index is 5.67. The Bertz CT molecular complexity index is 469. The van der Waals surface area contributed by atoms with Crippen LogP contribution >= 0.6 is 0 Å². The Kier molecular flexibility index (Phi) is 2.95. The lowest BCUT2D eigenvalue weighted by Gasteiger charge is -2.04. The van der Waals surface area contributed by atoms with E-state index in [4.69, 9.17) is 4.74 Å². The van der Waals surface area contributed by atoms with Gasteiger partial charge in [-0.2, -0.15) is 5.10 Å². The fourth-order valence-electron chi connectivity index (χ4n) is 1.57. The van der Waals surface area contributed by atoms with Crippen LogP contribution in [0.4, 0.5) is 0 Å². The monoisotopic (exact) mass is 216 g/mol. The molecular formula is C13H16N2O. The van der Waals surface area contributed by atoms with E-state index in [-0.39, 0.29) is 0 Å². The molecule has 1 aromatic carbocycles. The van der Waals surface area contributed by atoms with Crippen LogP contribution in [0.15, 0.2) is 30.3 Å². The van der Waals surface area contributed by atoms with Crippen molar-refractivity contribution in [3.05, 3.63) is 47.3 Å². The molecule has 0 aliphatic heterocycles. The second-order valence-corrected chi connectivity index (χ2v) is 4.01. The van der Waals surface area contributed by atoms with Crippen LogP contribution in [-0.2, 0) is 13.7 Å². The van der Waals surface area contributed by atoms with Crippen molar-refractivity contribution in [2.75, 3.05) is 0 Å². The van der Waals surface area contributed by atoms with E-state index in [1.165, 1.54) is 5.56 Å². The maximum absolute atomic E-state index is 5.67. The first-order chi connectivity index (χ1) is 7.65. The van der Waals surface area contributed by atoms with Crippen LogP contribution in [0.1, 0.15) is 17.0 Å². The van der Waals surface area contributed by atoms with Crippen molar-refractivity contribution in [2.45, 2.75) is 20.5 Å². The van der Waals surface area contributed by atoms with Gasteiger partial charge in [-0.05, 0) is 37.6 Å². The van der Waals surface area contributed by atoms with E-state index in [1.54, 1.807) is 0 Å². The van der Waals surface area contributed by atoms with Crippen LogP contribution in [0.3, 0.4) is 0 Å². The van der Waals surface area contributed by atoms with Gasteiger partial charge in [0.2, 0.25) is 0 Å². The normalized spacial score (nSPS) is 10.4. The molecule has 0 aliphatic carbocycles. The fraction of sp³-hybridized carbons (Fsp3) is 0.308. The van der Waals surface area contributed by atoms with Crippen molar-refractivity contribution in [2.24, 2.45) is 7.05 Å². The van der Waals surface area contributed by atoms with E-state index < -0.39 is 0 Å². The Morgan fingerprint density at radius 2 is 2.06 bits per heavy atom. The van der Waals surface area contributed by atoms with E-state index in [0.29, 0.717) is 6.61 Å². The molecule has 0 radical (unpaired) electrons. The summed E-state index contributed by atoms with van der Waals surface area (Å²) < 4.78 is 7.52. The highest BCUT2D eigenvalue weighted by Crippen LogP contribution is 2.14. The average Bonchev–Trinajstić information content (AvgIpc) is 2.56. The largest absolute Gasteiger partial charge is 0.487 e. The first-order valence-corrected chi connectivity index (χ1v) is 5.34. The summed E-state index contributed by atoms with van der Waals surface area (Å²) in [5.41, 5.74) is 3.30. The van der Waals surface area contributed by atoms with Crippen LogP contribution in [-0.4, -0.2) is 9.78 Å². The van der Waals surface area contributed by atoms with Crippen LogP contribution in [0.2, 0.25) is 0 Å². The highest BCUT2D eigenvalue weighted by atomic mass is 16.5. The lowest BCUT2D eigenvalue weighted by atomic mass is 10.2. The summed E-state index contributed by atoms with van der Waals surface area (Å²) >= 11 is 0. The summed E-state index contributed by atoms with van der Waals surface area (Å²) in [7, 11) is 1.94. The zero-order chi connectivity index (χ0) is 11.5. The third kappa shape index (κ3) is 2.42. The molecule has 0 bridgehead atoms. The summed E-state index contributed by atoms with van der Waals surface area (Å²) in [4.78, 5) is 0. The molecule has 0 amide bonds. The Labute approximate surface area is 95.7 Å². The summed E-state index contributed by atoms with van der Waals surface area (Å²) in [6.07, 6.45) is 0. The molecule has 0 atom stereocenters. The van der Waals surface area contributed by atoms with Crippen LogP contribution in [0.25, 0.3) is 0 Å². The van der Waals surface area contributed by atoms with Gasteiger partial charge in [0.1, 0.15) is 18.1 Å². The van der Waals surface area contributed by atoms with Crippen molar-refractivity contribution in [3.8, 4) is 5.75 Å². The minimum Gasteiger partial charge on any atom is -0.487 e. The summed E-state index contributed by atoms with van der Waals surface area (Å²) in [5.74, 6) is 0.892. The minimum atomic E-state index is 0.519. The Morgan fingerprint density at radius 1 is 1.25 bits per heavy atom. The first kappa shape index (κ1) is 10.7. The average molecular weight is 216 g/mol. The van der Waals surface area contributed by atoms with Gasteiger partial charge < -0.3 is 4.74 Å². The molecule has 16 heavy (non-hydrogen) atoms. The van der Waals surface area contributed by atoms with Crippen LogP contribution in [0, 0.1) is 13.8 Å². The van der Waals surface area contributed by atoms with Crippen molar-refractivity contribution >= 4 is 0 Å². The number of nitrogens with zero attached hydrogens (tertiary/aromatic N) is 2. The molecule has 0 saturated heterocycles. The summed E-state index contributed by atoms with van der Waals surface area (Å²) in [6, 6.07) is 10.1. The molecule has 1 heterocycles. The molecule has 0 saturated carbocycles.